The molecule has 0 radical (unpaired) electrons. The number of hydrogen-bond donors (Lipinski definition) is 3. The van der Waals surface area contributed by atoms with Crippen LogP contribution in [-0.2, 0) is 0 Å². The number of fused-ring (bicyclic) bond motifs is 1. The highest BCUT2D eigenvalue weighted by Crippen LogP contribution is 2.28. The number of hydrogen-bond acceptors (Lipinski definition) is 4. The van der Waals surface area contributed by atoms with Gasteiger partial charge in [-0.05, 0) is 0 Å². The molecule has 108 valence electrons. The van der Waals surface area contributed by atoms with Gasteiger partial charge in [-0.15, -0.1) is 0 Å². The number of nitrogens with zero attached hydrogens (tertiary/aromatic N) is 1. The summed E-state index contributed by atoms with van der Waals surface area (Å²) in [6.45, 7) is 0. The van der Waals surface area contributed by atoms with Gasteiger partial charge in [0.25, 0.3) is 0 Å². The van der Waals surface area contributed by atoms with E-state index in [0.717, 1.165) is 0 Å². The van der Waals surface area contributed by atoms with Gasteiger partial charge in [0, 0.05) is 12.3 Å². The van der Waals surface area contributed by atoms with E-state index in [-0.39, 0.29) is 0 Å². The fraction of sp³-hybridized carbons (Fsp3) is 0. The Morgan fingerprint density at radius 1 is 0.952 bits per heavy atom. The molecule has 0 aliphatic heterocycles. The highest BCUT2D eigenvalue weighted by atomic mass is 19.1. The summed E-state index contributed by atoms with van der Waals surface area (Å²) < 4.78 is 27.6. The van der Waals surface area contributed by atoms with Crippen LogP contribution in [-0.4, -0.2) is 38.2 Å². The van der Waals surface area contributed by atoms with Crippen LogP contribution < -0.4 is 0 Å². The van der Waals surface area contributed by atoms with Gasteiger partial charge < -0.3 is 15.3 Å². The molecule has 2 aromatic rings. The maximum absolute atomic E-state index is 14.1. The van der Waals surface area contributed by atoms with Crippen LogP contribution in [0.4, 0.5) is 8.78 Å². The quantitative estimate of drug-likeness (QED) is 0.785. The standard InChI is InChI=1S/C12H5F2NO6/c13-4-1-5-8(9(14)7(4)12(20)21)6(11(18)19)3(2-15-5)10(16)17/h1-2H,(H,16,17)(H,18,19)(H,20,21). The topological polar surface area (TPSA) is 125 Å². The Labute approximate surface area is 114 Å². The van der Waals surface area contributed by atoms with Crippen molar-refractivity contribution < 1.29 is 38.5 Å². The van der Waals surface area contributed by atoms with E-state index in [0.29, 0.717) is 12.3 Å². The number of rotatable bonds is 3. The van der Waals surface area contributed by atoms with Crippen molar-refractivity contribution in [2.24, 2.45) is 0 Å². The molecule has 2 rings (SSSR count). The molecule has 7 nitrogen and oxygen atoms in total. The Kier molecular flexibility index (Phi) is 3.26. The van der Waals surface area contributed by atoms with Gasteiger partial charge >= 0.3 is 17.9 Å². The molecule has 0 saturated carbocycles. The Morgan fingerprint density at radius 2 is 1.52 bits per heavy atom. The number of carboxylic acids is 3. The van der Waals surface area contributed by atoms with Crippen molar-refractivity contribution in [3.05, 3.63) is 40.6 Å². The van der Waals surface area contributed by atoms with Crippen LogP contribution in [0.5, 0.6) is 0 Å². The van der Waals surface area contributed by atoms with Crippen LogP contribution in [0.25, 0.3) is 10.9 Å². The van der Waals surface area contributed by atoms with Crippen LogP contribution in [0, 0.1) is 11.6 Å². The van der Waals surface area contributed by atoms with E-state index >= 15 is 0 Å². The first-order valence-corrected chi connectivity index (χ1v) is 5.26. The van der Waals surface area contributed by atoms with Gasteiger partial charge in [0.1, 0.15) is 11.4 Å². The average molecular weight is 297 g/mol. The van der Waals surface area contributed by atoms with Crippen molar-refractivity contribution in [2.75, 3.05) is 0 Å². The van der Waals surface area contributed by atoms with Crippen molar-refractivity contribution in [1.29, 1.82) is 0 Å². The molecule has 0 aliphatic carbocycles. The molecule has 3 N–H and O–H groups in total. The number of aromatic carboxylic acids is 3. The minimum Gasteiger partial charge on any atom is -0.478 e. The predicted octanol–water partition coefficient (Wildman–Crippen LogP) is 1.61. The SMILES string of the molecule is O=C(O)c1cnc2cc(F)c(C(=O)O)c(F)c2c1C(=O)O. The lowest BCUT2D eigenvalue weighted by Crippen LogP contribution is -2.13. The molecule has 21 heavy (non-hydrogen) atoms. The highest BCUT2D eigenvalue weighted by molar-refractivity contribution is 6.12. The third-order valence-corrected chi connectivity index (χ3v) is 2.71. The second kappa shape index (κ2) is 4.78. The van der Waals surface area contributed by atoms with Crippen LogP contribution in [0.3, 0.4) is 0 Å². The molecule has 9 heteroatoms. The maximum atomic E-state index is 14.1. The van der Waals surface area contributed by atoms with Crippen molar-refractivity contribution >= 4 is 28.8 Å². The summed E-state index contributed by atoms with van der Waals surface area (Å²) in [6.07, 6.45) is 0.632. The molecular formula is C12H5F2NO6. The van der Waals surface area contributed by atoms with Crippen LogP contribution in [0.1, 0.15) is 31.1 Å². The van der Waals surface area contributed by atoms with E-state index in [4.69, 9.17) is 15.3 Å². The number of halogens is 2. The smallest absolute Gasteiger partial charge is 0.341 e. The first kappa shape index (κ1) is 14.3. The molecule has 0 bridgehead atoms. The molecule has 0 unspecified atom stereocenters. The summed E-state index contributed by atoms with van der Waals surface area (Å²) in [4.78, 5) is 36.4. The first-order chi connectivity index (χ1) is 9.75. The van der Waals surface area contributed by atoms with E-state index < -0.39 is 57.1 Å². The monoisotopic (exact) mass is 297 g/mol. The van der Waals surface area contributed by atoms with Gasteiger partial charge in [0.05, 0.1) is 22.0 Å². The number of carboxylic acid groups (broad SMARTS) is 3. The van der Waals surface area contributed by atoms with Crippen LogP contribution in [0.15, 0.2) is 12.3 Å². The van der Waals surface area contributed by atoms with Gasteiger partial charge in [0.2, 0.25) is 0 Å². The molecule has 0 atom stereocenters. The van der Waals surface area contributed by atoms with Crippen molar-refractivity contribution in [3.63, 3.8) is 0 Å². The zero-order chi connectivity index (χ0) is 15.9. The van der Waals surface area contributed by atoms with Gasteiger partial charge in [-0.1, -0.05) is 0 Å². The summed E-state index contributed by atoms with van der Waals surface area (Å²) in [5.41, 5.74) is -3.71. The minimum atomic E-state index is -1.95. The summed E-state index contributed by atoms with van der Waals surface area (Å²) >= 11 is 0. The Hall–Kier alpha value is -3.10. The van der Waals surface area contributed by atoms with Crippen molar-refractivity contribution in [1.82, 2.24) is 4.98 Å². The summed E-state index contributed by atoms with van der Waals surface area (Å²) in [5, 5.41) is 25.8. The Balaban J connectivity index is 3.07. The molecule has 0 aliphatic rings. The maximum Gasteiger partial charge on any atom is 0.341 e. The van der Waals surface area contributed by atoms with E-state index in [1.807, 2.05) is 0 Å². The number of aromatic nitrogens is 1. The lowest BCUT2D eigenvalue weighted by atomic mass is 10.0. The first-order valence-electron chi connectivity index (χ1n) is 5.26. The summed E-state index contributed by atoms with van der Waals surface area (Å²) in [6, 6.07) is 0.528. The van der Waals surface area contributed by atoms with Gasteiger partial charge in [0.15, 0.2) is 5.82 Å². The predicted molar refractivity (Wildman–Crippen MR) is 62.5 cm³/mol. The van der Waals surface area contributed by atoms with E-state index in [1.54, 1.807) is 0 Å². The Bertz CT molecular complexity index is 817. The molecule has 0 spiro atoms. The average Bonchev–Trinajstić information content (AvgIpc) is 2.36. The highest BCUT2D eigenvalue weighted by Gasteiger charge is 2.27. The zero-order valence-corrected chi connectivity index (χ0v) is 9.92. The van der Waals surface area contributed by atoms with Crippen molar-refractivity contribution in [3.8, 4) is 0 Å². The third-order valence-electron chi connectivity index (χ3n) is 2.71. The largest absolute Gasteiger partial charge is 0.478 e. The minimum absolute atomic E-state index is 0.502. The number of carbonyl (C=O) groups is 3. The van der Waals surface area contributed by atoms with Gasteiger partial charge in [-0.3, -0.25) is 4.98 Å². The molecule has 0 fully saturated rings. The second-order valence-corrected chi connectivity index (χ2v) is 3.90. The fourth-order valence-electron chi connectivity index (χ4n) is 1.86. The molecule has 0 saturated heterocycles. The third kappa shape index (κ3) is 2.14. The van der Waals surface area contributed by atoms with Crippen molar-refractivity contribution in [2.45, 2.75) is 0 Å². The zero-order valence-electron chi connectivity index (χ0n) is 9.92. The molecule has 0 amide bonds. The molecule has 1 aromatic carbocycles. The lowest BCUT2D eigenvalue weighted by molar-refractivity contribution is 0.0652. The number of pyridine rings is 1. The fourth-order valence-corrected chi connectivity index (χ4v) is 1.86. The van der Waals surface area contributed by atoms with Gasteiger partial charge in [-0.2, -0.15) is 0 Å². The molecule has 1 heterocycles. The van der Waals surface area contributed by atoms with Crippen LogP contribution >= 0.6 is 0 Å². The summed E-state index contributed by atoms with van der Waals surface area (Å²) in [7, 11) is 0. The van der Waals surface area contributed by atoms with Gasteiger partial charge in [-0.25, -0.2) is 23.2 Å². The number of benzene rings is 1. The van der Waals surface area contributed by atoms with Crippen LogP contribution in [0.2, 0.25) is 0 Å². The Morgan fingerprint density at radius 3 is 2.00 bits per heavy atom. The summed E-state index contributed by atoms with van der Waals surface area (Å²) in [5.74, 6) is -8.59. The van der Waals surface area contributed by atoms with E-state index in [2.05, 4.69) is 4.98 Å². The molecule has 1 aromatic heterocycles. The lowest BCUT2D eigenvalue weighted by Gasteiger charge is -2.09. The molecular weight excluding hydrogens is 292 g/mol. The van der Waals surface area contributed by atoms with E-state index in [1.165, 1.54) is 0 Å². The second-order valence-electron chi connectivity index (χ2n) is 3.90. The normalized spacial score (nSPS) is 10.6. The van der Waals surface area contributed by atoms with E-state index in [9.17, 15) is 23.2 Å².